The summed E-state index contributed by atoms with van der Waals surface area (Å²) in [5.74, 6) is 0.203. The summed E-state index contributed by atoms with van der Waals surface area (Å²) >= 11 is 0. The van der Waals surface area contributed by atoms with Crippen LogP contribution in [0.5, 0.6) is 0 Å². The number of hydrogen-bond donors (Lipinski definition) is 2. The Morgan fingerprint density at radius 2 is 2.00 bits per heavy atom. The number of halogens is 1. The molecule has 1 aromatic carbocycles. The molecule has 1 aromatic rings. The monoisotopic (exact) mass is 282 g/mol. The van der Waals surface area contributed by atoms with Gasteiger partial charge in [-0.15, -0.1) is 12.4 Å². The van der Waals surface area contributed by atoms with Crippen molar-refractivity contribution in [1.29, 1.82) is 0 Å². The maximum atomic E-state index is 12.1. The van der Waals surface area contributed by atoms with Crippen LogP contribution in [0.3, 0.4) is 0 Å². The largest absolute Gasteiger partial charge is 0.328 e. The Labute approximate surface area is 121 Å². The van der Waals surface area contributed by atoms with E-state index in [1.54, 1.807) is 0 Å². The van der Waals surface area contributed by atoms with E-state index in [9.17, 15) is 4.79 Å². The molecule has 0 heterocycles. The minimum Gasteiger partial charge on any atom is -0.328 e. The first-order chi connectivity index (χ1) is 8.69. The summed E-state index contributed by atoms with van der Waals surface area (Å²) in [5.41, 5.74) is 8.08. The molecule has 19 heavy (non-hydrogen) atoms. The Hall–Kier alpha value is -1.06. The summed E-state index contributed by atoms with van der Waals surface area (Å²) in [7, 11) is 0. The lowest BCUT2D eigenvalue weighted by Gasteiger charge is -2.25. The van der Waals surface area contributed by atoms with Gasteiger partial charge in [0.1, 0.15) is 0 Å². The number of nitrogens with two attached hydrogens (primary N) is 1. The first-order valence-electron chi connectivity index (χ1n) is 6.84. The van der Waals surface area contributed by atoms with Crippen LogP contribution < -0.4 is 11.1 Å². The molecular formula is C15H23ClN2O. The summed E-state index contributed by atoms with van der Waals surface area (Å²) in [6.45, 7) is 2.12. The SMILES string of the molecule is CCc1ccc(NC(=O)C2CCCC(N)C2)cc1.Cl. The predicted molar refractivity (Wildman–Crippen MR) is 81.6 cm³/mol. The number of anilines is 1. The normalized spacial score (nSPS) is 22.4. The van der Waals surface area contributed by atoms with Crippen molar-refractivity contribution < 1.29 is 4.79 Å². The lowest BCUT2D eigenvalue weighted by molar-refractivity contribution is -0.120. The standard InChI is InChI=1S/C15H22N2O.ClH/c1-2-11-6-8-14(9-7-11)17-15(18)12-4-3-5-13(16)10-12;/h6-9,12-13H,2-5,10,16H2,1H3,(H,17,18);1H. The second-order valence-electron chi connectivity index (χ2n) is 5.16. The molecular weight excluding hydrogens is 260 g/mol. The van der Waals surface area contributed by atoms with Crippen molar-refractivity contribution in [2.75, 3.05) is 5.32 Å². The Morgan fingerprint density at radius 1 is 1.32 bits per heavy atom. The topological polar surface area (TPSA) is 55.1 Å². The van der Waals surface area contributed by atoms with Crippen molar-refractivity contribution in [3.05, 3.63) is 29.8 Å². The van der Waals surface area contributed by atoms with E-state index in [0.29, 0.717) is 0 Å². The number of carbonyl (C=O) groups excluding carboxylic acids is 1. The van der Waals surface area contributed by atoms with Crippen LogP contribution in [-0.2, 0) is 11.2 Å². The summed E-state index contributed by atoms with van der Waals surface area (Å²) < 4.78 is 0. The fourth-order valence-electron chi connectivity index (χ4n) is 2.53. The second-order valence-corrected chi connectivity index (χ2v) is 5.16. The molecule has 0 saturated heterocycles. The predicted octanol–water partition coefficient (Wildman–Crippen LogP) is 3.13. The van der Waals surface area contributed by atoms with E-state index in [4.69, 9.17) is 5.73 Å². The molecule has 0 aromatic heterocycles. The van der Waals surface area contributed by atoms with Crippen LogP contribution in [0.4, 0.5) is 5.69 Å². The highest BCUT2D eigenvalue weighted by Crippen LogP contribution is 2.24. The highest BCUT2D eigenvalue weighted by atomic mass is 35.5. The van der Waals surface area contributed by atoms with Crippen molar-refractivity contribution in [2.24, 2.45) is 11.7 Å². The van der Waals surface area contributed by atoms with Gasteiger partial charge >= 0.3 is 0 Å². The number of rotatable bonds is 3. The van der Waals surface area contributed by atoms with E-state index in [-0.39, 0.29) is 30.3 Å². The number of nitrogens with one attached hydrogen (secondary N) is 1. The van der Waals surface area contributed by atoms with Crippen LogP contribution in [0.1, 0.15) is 38.2 Å². The third kappa shape index (κ3) is 4.51. The zero-order valence-corrected chi connectivity index (χ0v) is 12.2. The highest BCUT2D eigenvalue weighted by Gasteiger charge is 2.25. The van der Waals surface area contributed by atoms with Gasteiger partial charge in [0.2, 0.25) is 5.91 Å². The van der Waals surface area contributed by atoms with E-state index in [1.807, 2.05) is 12.1 Å². The molecule has 106 valence electrons. The van der Waals surface area contributed by atoms with Crippen LogP contribution in [0.2, 0.25) is 0 Å². The first kappa shape index (κ1) is 16.0. The third-order valence-electron chi connectivity index (χ3n) is 3.72. The molecule has 0 spiro atoms. The van der Waals surface area contributed by atoms with Crippen molar-refractivity contribution in [3.63, 3.8) is 0 Å². The molecule has 1 amide bonds. The summed E-state index contributed by atoms with van der Waals surface area (Å²) in [5, 5.41) is 2.99. The number of amides is 1. The number of hydrogen-bond acceptors (Lipinski definition) is 2. The van der Waals surface area contributed by atoms with Gasteiger partial charge in [-0.05, 0) is 43.4 Å². The Morgan fingerprint density at radius 3 is 2.58 bits per heavy atom. The van der Waals surface area contributed by atoms with Crippen molar-refractivity contribution in [1.82, 2.24) is 0 Å². The number of aryl methyl sites for hydroxylation is 1. The van der Waals surface area contributed by atoms with E-state index >= 15 is 0 Å². The van der Waals surface area contributed by atoms with Gasteiger partial charge in [-0.1, -0.05) is 25.5 Å². The Balaban J connectivity index is 0.00000180. The lowest BCUT2D eigenvalue weighted by atomic mass is 9.85. The van der Waals surface area contributed by atoms with Crippen molar-refractivity contribution in [3.8, 4) is 0 Å². The zero-order valence-electron chi connectivity index (χ0n) is 11.4. The average Bonchev–Trinajstić information content (AvgIpc) is 2.39. The van der Waals surface area contributed by atoms with Crippen LogP contribution in [0.25, 0.3) is 0 Å². The fourth-order valence-corrected chi connectivity index (χ4v) is 2.53. The maximum Gasteiger partial charge on any atom is 0.227 e. The van der Waals surface area contributed by atoms with E-state index in [0.717, 1.165) is 37.8 Å². The summed E-state index contributed by atoms with van der Waals surface area (Å²) in [6.07, 6.45) is 4.92. The first-order valence-corrected chi connectivity index (χ1v) is 6.84. The van der Waals surface area contributed by atoms with Crippen molar-refractivity contribution >= 4 is 24.0 Å². The van der Waals surface area contributed by atoms with Gasteiger partial charge in [0, 0.05) is 17.6 Å². The fraction of sp³-hybridized carbons (Fsp3) is 0.533. The van der Waals surface area contributed by atoms with Crippen LogP contribution in [0, 0.1) is 5.92 Å². The quantitative estimate of drug-likeness (QED) is 0.895. The van der Waals surface area contributed by atoms with Gasteiger partial charge in [0.25, 0.3) is 0 Å². The Kier molecular flexibility index (Phi) is 6.32. The molecule has 1 saturated carbocycles. The second kappa shape index (κ2) is 7.51. The van der Waals surface area contributed by atoms with E-state index in [1.165, 1.54) is 5.56 Å². The molecule has 0 bridgehead atoms. The minimum absolute atomic E-state index is 0. The lowest BCUT2D eigenvalue weighted by Crippen LogP contribution is -2.34. The average molecular weight is 283 g/mol. The van der Waals surface area contributed by atoms with Gasteiger partial charge in [-0.25, -0.2) is 0 Å². The summed E-state index contributed by atoms with van der Waals surface area (Å²) in [4.78, 5) is 12.1. The molecule has 0 radical (unpaired) electrons. The molecule has 1 fully saturated rings. The van der Waals surface area contributed by atoms with E-state index in [2.05, 4.69) is 24.4 Å². The zero-order chi connectivity index (χ0) is 13.0. The van der Waals surface area contributed by atoms with E-state index < -0.39 is 0 Å². The van der Waals surface area contributed by atoms with Crippen LogP contribution in [-0.4, -0.2) is 11.9 Å². The van der Waals surface area contributed by atoms with Gasteiger partial charge in [0.15, 0.2) is 0 Å². The molecule has 3 N–H and O–H groups in total. The van der Waals surface area contributed by atoms with Gasteiger partial charge < -0.3 is 11.1 Å². The summed E-state index contributed by atoms with van der Waals surface area (Å²) in [6, 6.07) is 8.25. The molecule has 0 aliphatic heterocycles. The maximum absolute atomic E-state index is 12.1. The molecule has 2 atom stereocenters. The van der Waals surface area contributed by atoms with Gasteiger partial charge in [0.05, 0.1) is 0 Å². The van der Waals surface area contributed by atoms with Crippen LogP contribution >= 0.6 is 12.4 Å². The molecule has 2 unspecified atom stereocenters. The number of carbonyl (C=O) groups is 1. The third-order valence-corrected chi connectivity index (χ3v) is 3.72. The minimum atomic E-state index is 0. The van der Waals surface area contributed by atoms with Crippen LogP contribution in [0.15, 0.2) is 24.3 Å². The highest BCUT2D eigenvalue weighted by molar-refractivity contribution is 5.92. The van der Waals surface area contributed by atoms with Gasteiger partial charge in [-0.2, -0.15) is 0 Å². The number of benzene rings is 1. The van der Waals surface area contributed by atoms with Gasteiger partial charge in [-0.3, -0.25) is 4.79 Å². The molecule has 3 nitrogen and oxygen atoms in total. The molecule has 2 rings (SSSR count). The smallest absolute Gasteiger partial charge is 0.227 e. The molecule has 1 aliphatic rings. The molecule has 1 aliphatic carbocycles. The Bertz CT molecular complexity index is 405. The van der Waals surface area contributed by atoms with Crippen molar-refractivity contribution in [2.45, 2.75) is 45.1 Å². The molecule has 4 heteroatoms.